The summed E-state index contributed by atoms with van der Waals surface area (Å²) in [5.74, 6) is 0.806. The summed E-state index contributed by atoms with van der Waals surface area (Å²) in [6.45, 7) is 3.83. The van der Waals surface area contributed by atoms with Gasteiger partial charge in [-0.2, -0.15) is 0 Å². The molecule has 7 heteroatoms. The van der Waals surface area contributed by atoms with Crippen LogP contribution >= 0.6 is 23.7 Å². The van der Waals surface area contributed by atoms with Crippen LogP contribution in [0.15, 0.2) is 34.7 Å². The second-order valence-electron chi connectivity index (χ2n) is 6.80. The first-order chi connectivity index (χ1) is 12.7. The van der Waals surface area contributed by atoms with Crippen molar-refractivity contribution in [1.82, 2.24) is 15.3 Å². The maximum Gasteiger partial charge on any atom is 0.192 e. The van der Waals surface area contributed by atoms with E-state index in [0.717, 1.165) is 57.9 Å². The molecule has 0 bridgehead atoms. The number of aromatic nitrogens is 2. The van der Waals surface area contributed by atoms with Crippen LogP contribution in [0.1, 0.15) is 29.7 Å². The molecule has 140 valence electrons. The molecule has 0 unspecified atom stereocenters. The quantitative estimate of drug-likeness (QED) is 0.484. The van der Waals surface area contributed by atoms with Crippen LogP contribution in [0, 0.1) is 12.7 Å². The minimum Gasteiger partial charge on any atom is -0.441 e. The molecule has 2 aromatic carbocycles. The molecule has 1 aliphatic heterocycles. The van der Waals surface area contributed by atoms with Gasteiger partial charge in [-0.15, -0.1) is 23.7 Å². The molecule has 1 fully saturated rings. The standard InChI is InChI=1S/C20H18FN3OS.ClH/c1-11-23-16-3-2-13(9-17(16)25-11)14-8-15(21)19-18(10-14)26-20(24-19)12-4-6-22-7-5-12;/h2-3,8-10,12,22H,4-7H2,1H3;1H. The zero-order valence-electron chi connectivity index (χ0n) is 14.8. The number of rotatable bonds is 2. The van der Waals surface area contributed by atoms with Crippen LogP contribution < -0.4 is 5.32 Å². The van der Waals surface area contributed by atoms with Crippen LogP contribution in [0.2, 0.25) is 0 Å². The van der Waals surface area contributed by atoms with Gasteiger partial charge in [0, 0.05) is 12.8 Å². The van der Waals surface area contributed by atoms with Crippen molar-refractivity contribution in [3.63, 3.8) is 0 Å². The van der Waals surface area contributed by atoms with Gasteiger partial charge in [-0.05, 0) is 61.3 Å². The summed E-state index contributed by atoms with van der Waals surface area (Å²) < 4.78 is 21.2. The topological polar surface area (TPSA) is 51.0 Å². The summed E-state index contributed by atoms with van der Waals surface area (Å²) in [7, 11) is 0. The highest BCUT2D eigenvalue weighted by Crippen LogP contribution is 2.36. The summed E-state index contributed by atoms with van der Waals surface area (Å²) >= 11 is 1.62. The van der Waals surface area contributed by atoms with E-state index in [9.17, 15) is 4.39 Å². The number of benzene rings is 2. The van der Waals surface area contributed by atoms with E-state index in [2.05, 4.69) is 15.3 Å². The molecule has 1 saturated heterocycles. The van der Waals surface area contributed by atoms with Crippen molar-refractivity contribution in [3.05, 3.63) is 47.0 Å². The third-order valence-corrected chi connectivity index (χ3v) is 6.15. The molecule has 4 nitrogen and oxygen atoms in total. The summed E-state index contributed by atoms with van der Waals surface area (Å²) in [4.78, 5) is 8.93. The highest BCUT2D eigenvalue weighted by atomic mass is 35.5. The molecule has 2 aromatic heterocycles. The second kappa shape index (κ2) is 7.19. The van der Waals surface area contributed by atoms with Crippen molar-refractivity contribution in [3.8, 4) is 11.1 Å². The molecule has 0 aliphatic carbocycles. The molecule has 1 N–H and O–H groups in total. The molecular formula is C20H19ClFN3OS. The van der Waals surface area contributed by atoms with Gasteiger partial charge < -0.3 is 9.73 Å². The van der Waals surface area contributed by atoms with Crippen LogP contribution in [0.25, 0.3) is 32.4 Å². The Hall–Kier alpha value is -2.02. The molecule has 0 atom stereocenters. The van der Waals surface area contributed by atoms with Crippen LogP contribution in [-0.4, -0.2) is 23.1 Å². The van der Waals surface area contributed by atoms with Crippen molar-refractivity contribution in [1.29, 1.82) is 0 Å². The van der Waals surface area contributed by atoms with Crippen LogP contribution in [0.5, 0.6) is 0 Å². The first-order valence-corrected chi connectivity index (χ1v) is 9.67. The zero-order chi connectivity index (χ0) is 17.7. The molecule has 1 aliphatic rings. The van der Waals surface area contributed by atoms with Crippen molar-refractivity contribution in [2.75, 3.05) is 13.1 Å². The highest BCUT2D eigenvalue weighted by Gasteiger charge is 2.20. The molecule has 27 heavy (non-hydrogen) atoms. The fourth-order valence-electron chi connectivity index (χ4n) is 3.64. The van der Waals surface area contributed by atoms with Crippen molar-refractivity contribution in [2.45, 2.75) is 25.7 Å². The monoisotopic (exact) mass is 403 g/mol. The number of fused-ring (bicyclic) bond motifs is 2. The SMILES string of the molecule is Cc1nc2ccc(-c3cc(F)c4nc(C5CCNCC5)sc4c3)cc2o1.Cl. The zero-order valence-corrected chi connectivity index (χ0v) is 16.4. The Morgan fingerprint density at radius 1 is 1.11 bits per heavy atom. The van der Waals surface area contributed by atoms with Gasteiger partial charge >= 0.3 is 0 Å². The third-order valence-electron chi connectivity index (χ3n) is 4.98. The lowest BCUT2D eigenvalue weighted by molar-refractivity contribution is 0.459. The van der Waals surface area contributed by atoms with Crippen LogP contribution in [0.4, 0.5) is 4.39 Å². The van der Waals surface area contributed by atoms with E-state index in [1.54, 1.807) is 17.4 Å². The Labute approximate surface area is 166 Å². The Morgan fingerprint density at radius 3 is 2.74 bits per heavy atom. The van der Waals surface area contributed by atoms with E-state index >= 15 is 0 Å². The molecule has 0 spiro atoms. The summed E-state index contributed by atoms with van der Waals surface area (Å²) in [6, 6.07) is 9.39. The number of hydrogen-bond acceptors (Lipinski definition) is 5. The van der Waals surface area contributed by atoms with E-state index in [1.807, 2.05) is 31.2 Å². The second-order valence-corrected chi connectivity index (χ2v) is 7.86. The molecule has 4 aromatic rings. The Morgan fingerprint density at radius 2 is 1.93 bits per heavy atom. The number of oxazole rings is 1. The number of nitrogens with one attached hydrogen (secondary N) is 1. The summed E-state index contributed by atoms with van der Waals surface area (Å²) in [5, 5.41) is 4.42. The predicted molar refractivity (Wildman–Crippen MR) is 109 cm³/mol. The van der Waals surface area contributed by atoms with Gasteiger partial charge in [0.2, 0.25) is 0 Å². The molecule has 0 amide bonds. The van der Waals surface area contributed by atoms with Gasteiger partial charge in [-0.3, -0.25) is 0 Å². The van der Waals surface area contributed by atoms with E-state index in [0.29, 0.717) is 17.3 Å². The lowest BCUT2D eigenvalue weighted by Gasteiger charge is -2.20. The number of halogens is 2. The number of hydrogen-bond donors (Lipinski definition) is 1. The van der Waals surface area contributed by atoms with Gasteiger partial charge in [0.25, 0.3) is 0 Å². The maximum atomic E-state index is 14.7. The van der Waals surface area contributed by atoms with Gasteiger partial charge in [0.1, 0.15) is 11.0 Å². The number of aryl methyl sites for hydroxylation is 1. The molecular weight excluding hydrogens is 385 g/mol. The third kappa shape index (κ3) is 3.33. The first kappa shape index (κ1) is 18.3. The van der Waals surface area contributed by atoms with Crippen molar-refractivity contribution >= 4 is 45.1 Å². The number of nitrogens with zero attached hydrogens (tertiary/aromatic N) is 2. The summed E-state index contributed by atoms with van der Waals surface area (Å²) in [6.07, 6.45) is 2.13. The van der Waals surface area contributed by atoms with E-state index < -0.39 is 0 Å². The Bertz CT molecular complexity index is 1120. The fraction of sp³-hybridized carbons (Fsp3) is 0.300. The summed E-state index contributed by atoms with van der Waals surface area (Å²) in [5.41, 5.74) is 3.79. The van der Waals surface area contributed by atoms with E-state index in [1.165, 1.54) is 0 Å². The normalized spacial score (nSPS) is 15.3. The smallest absolute Gasteiger partial charge is 0.192 e. The van der Waals surface area contributed by atoms with Gasteiger partial charge in [-0.1, -0.05) is 6.07 Å². The fourth-order valence-corrected chi connectivity index (χ4v) is 4.83. The van der Waals surface area contributed by atoms with Crippen molar-refractivity contribution < 1.29 is 8.81 Å². The maximum absolute atomic E-state index is 14.7. The van der Waals surface area contributed by atoms with E-state index in [4.69, 9.17) is 4.42 Å². The largest absolute Gasteiger partial charge is 0.441 e. The van der Waals surface area contributed by atoms with Gasteiger partial charge in [0.15, 0.2) is 17.3 Å². The molecule has 5 rings (SSSR count). The average Bonchev–Trinajstić information content (AvgIpc) is 3.24. The molecule has 3 heterocycles. The van der Waals surface area contributed by atoms with Gasteiger partial charge in [0.05, 0.1) is 9.71 Å². The minimum atomic E-state index is -0.261. The van der Waals surface area contributed by atoms with Crippen LogP contribution in [0.3, 0.4) is 0 Å². The Kier molecular flexibility index (Phi) is 4.88. The predicted octanol–water partition coefficient (Wildman–Crippen LogP) is 5.44. The van der Waals surface area contributed by atoms with Gasteiger partial charge in [-0.25, -0.2) is 14.4 Å². The Balaban J connectivity index is 0.00000180. The highest BCUT2D eigenvalue weighted by molar-refractivity contribution is 7.18. The average molecular weight is 404 g/mol. The lowest BCUT2D eigenvalue weighted by atomic mass is 9.99. The number of thiazole rings is 1. The van der Waals surface area contributed by atoms with E-state index in [-0.39, 0.29) is 18.2 Å². The lowest BCUT2D eigenvalue weighted by Crippen LogP contribution is -2.26. The number of piperidine rings is 1. The first-order valence-electron chi connectivity index (χ1n) is 8.85. The minimum absolute atomic E-state index is 0. The molecule has 0 saturated carbocycles. The van der Waals surface area contributed by atoms with Crippen molar-refractivity contribution in [2.24, 2.45) is 0 Å². The molecule has 0 radical (unpaired) electrons. The van der Waals surface area contributed by atoms with Crippen LogP contribution in [-0.2, 0) is 0 Å².